The zero-order chi connectivity index (χ0) is 15.3. The van der Waals surface area contributed by atoms with Crippen LogP contribution in [0.5, 0.6) is 0 Å². The summed E-state index contributed by atoms with van der Waals surface area (Å²) in [6.07, 6.45) is 0.0805. The maximum Gasteiger partial charge on any atom is 0.169 e. The van der Waals surface area contributed by atoms with Gasteiger partial charge in [-0.1, -0.05) is 6.92 Å². The fourth-order valence-electron chi connectivity index (χ4n) is 2.26. The van der Waals surface area contributed by atoms with Gasteiger partial charge in [-0.15, -0.1) is 0 Å². The molecule has 0 amide bonds. The number of ether oxygens (including phenoxy) is 2. The van der Waals surface area contributed by atoms with Gasteiger partial charge in [-0.25, -0.2) is 4.99 Å². The Morgan fingerprint density at radius 3 is 2.60 bits per heavy atom. The van der Waals surface area contributed by atoms with Crippen LogP contribution in [-0.4, -0.2) is 50.3 Å². The molecule has 0 aliphatic carbocycles. The van der Waals surface area contributed by atoms with Gasteiger partial charge >= 0.3 is 0 Å². The van der Waals surface area contributed by atoms with Crippen molar-refractivity contribution in [1.82, 2.24) is 0 Å². The predicted octanol–water partition coefficient (Wildman–Crippen LogP) is 2.99. The fourth-order valence-corrected chi connectivity index (χ4v) is 3.65. The van der Waals surface area contributed by atoms with E-state index in [2.05, 4.69) is 31.3 Å². The van der Waals surface area contributed by atoms with Gasteiger partial charge in [0.25, 0.3) is 0 Å². The van der Waals surface area contributed by atoms with E-state index in [9.17, 15) is 0 Å². The number of hydrogen-bond donors (Lipinski definition) is 0. The molecule has 0 bridgehead atoms. The Bertz CT molecular complexity index is 357. The average molecular weight is 303 g/mol. The average Bonchev–Trinajstić information content (AvgIpc) is 2.56. The molecule has 5 nitrogen and oxygen atoms in total. The molecule has 0 saturated carbocycles. The molecule has 0 radical (unpaired) electrons. The minimum absolute atomic E-state index is 0.0235. The minimum atomic E-state index is -1.07. The molecular formula is C14H26NO4P. The SMILES string of the molecule is C=C=NC(C)(C)OP(C)OC1C(COC)OC(C)C1C. The van der Waals surface area contributed by atoms with Crippen molar-refractivity contribution in [2.75, 3.05) is 20.4 Å². The van der Waals surface area contributed by atoms with Gasteiger partial charge in [0, 0.05) is 19.7 Å². The van der Waals surface area contributed by atoms with E-state index in [4.69, 9.17) is 18.5 Å². The van der Waals surface area contributed by atoms with Crippen LogP contribution in [0.25, 0.3) is 0 Å². The van der Waals surface area contributed by atoms with Crippen molar-refractivity contribution < 1.29 is 18.5 Å². The second-order valence-electron chi connectivity index (χ2n) is 5.51. The summed E-state index contributed by atoms with van der Waals surface area (Å²) in [5.74, 6) is 2.81. The normalized spacial score (nSPS) is 31.9. The maximum atomic E-state index is 6.07. The summed E-state index contributed by atoms with van der Waals surface area (Å²) in [7, 11) is 0.597. The highest BCUT2D eigenvalue weighted by molar-refractivity contribution is 7.46. The monoisotopic (exact) mass is 303 g/mol. The third-order valence-corrected chi connectivity index (χ3v) is 4.56. The topological polar surface area (TPSA) is 49.3 Å². The Balaban J connectivity index is 2.62. The van der Waals surface area contributed by atoms with Crippen LogP contribution < -0.4 is 0 Å². The largest absolute Gasteiger partial charge is 0.382 e. The molecule has 5 unspecified atom stereocenters. The zero-order valence-corrected chi connectivity index (χ0v) is 14.1. The quantitative estimate of drug-likeness (QED) is 0.536. The second kappa shape index (κ2) is 7.65. The maximum absolute atomic E-state index is 6.07. The van der Waals surface area contributed by atoms with Crippen molar-refractivity contribution >= 4 is 14.2 Å². The molecule has 1 heterocycles. The smallest absolute Gasteiger partial charge is 0.169 e. The van der Waals surface area contributed by atoms with E-state index in [0.29, 0.717) is 12.5 Å². The molecule has 0 aromatic heterocycles. The van der Waals surface area contributed by atoms with E-state index in [1.54, 1.807) is 7.11 Å². The first kappa shape index (κ1) is 17.8. The van der Waals surface area contributed by atoms with Gasteiger partial charge in [-0.05, 0) is 33.2 Å². The molecule has 1 rings (SSSR count). The van der Waals surface area contributed by atoms with Gasteiger partial charge in [-0.2, -0.15) is 0 Å². The summed E-state index contributed by atoms with van der Waals surface area (Å²) in [6.45, 7) is 13.8. The van der Waals surface area contributed by atoms with Gasteiger partial charge in [0.2, 0.25) is 0 Å². The molecule has 20 heavy (non-hydrogen) atoms. The molecule has 0 spiro atoms. The van der Waals surface area contributed by atoms with Crippen LogP contribution >= 0.6 is 8.38 Å². The van der Waals surface area contributed by atoms with Crippen molar-refractivity contribution in [1.29, 1.82) is 0 Å². The van der Waals surface area contributed by atoms with Crippen LogP contribution in [0.3, 0.4) is 0 Å². The summed E-state index contributed by atoms with van der Waals surface area (Å²) in [4.78, 5) is 4.06. The van der Waals surface area contributed by atoms with E-state index in [0.717, 1.165) is 0 Å². The second-order valence-corrected chi connectivity index (χ2v) is 6.78. The number of rotatable bonds is 7. The highest BCUT2D eigenvalue weighted by atomic mass is 31.2. The molecule has 116 valence electrons. The summed E-state index contributed by atoms with van der Waals surface area (Å²) in [6, 6.07) is 0. The molecule has 0 aromatic rings. The lowest BCUT2D eigenvalue weighted by Gasteiger charge is -2.28. The van der Waals surface area contributed by atoms with Crippen LogP contribution in [0.2, 0.25) is 0 Å². The summed E-state index contributed by atoms with van der Waals surface area (Å²) in [5, 5.41) is 0. The zero-order valence-electron chi connectivity index (χ0n) is 13.3. The number of hydrogen-bond acceptors (Lipinski definition) is 5. The van der Waals surface area contributed by atoms with Crippen LogP contribution in [0, 0.1) is 5.92 Å². The minimum Gasteiger partial charge on any atom is -0.382 e. The Hall–Kier alpha value is -0.280. The lowest BCUT2D eigenvalue weighted by Crippen LogP contribution is -2.32. The van der Waals surface area contributed by atoms with Crippen LogP contribution in [0.1, 0.15) is 27.7 Å². The third kappa shape index (κ3) is 4.92. The van der Waals surface area contributed by atoms with Crippen molar-refractivity contribution in [2.24, 2.45) is 10.9 Å². The van der Waals surface area contributed by atoms with E-state index in [-0.39, 0.29) is 18.3 Å². The summed E-state index contributed by atoms with van der Waals surface area (Å²) < 4.78 is 23.0. The van der Waals surface area contributed by atoms with Crippen molar-refractivity contribution in [3.63, 3.8) is 0 Å². The number of nitrogens with zero attached hydrogens (tertiary/aromatic N) is 1. The molecule has 1 saturated heterocycles. The van der Waals surface area contributed by atoms with Crippen molar-refractivity contribution in [3.05, 3.63) is 6.58 Å². The van der Waals surface area contributed by atoms with Crippen LogP contribution in [-0.2, 0) is 18.5 Å². The lowest BCUT2D eigenvalue weighted by atomic mass is 10.00. The van der Waals surface area contributed by atoms with Crippen LogP contribution in [0.15, 0.2) is 11.6 Å². The molecular weight excluding hydrogens is 277 g/mol. The third-order valence-electron chi connectivity index (χ3n) is 3.32. The van der Waals surface area contributed by atoms with E-state index >= 15 is 0 Å². The lowest BCUT2D eigenvalue weighted by molar-refractivity contribution is -0.0257. The predicted molar refractivity (Wildman–Crippen MR) is 81.3 cm³/mol. The highest BCUT2D eigenvalue weighted by Crippen LogP contribution is 2.44. The molecule has 0 aromatic carbocycles. The molecule has 5 atom stereocenters. The number of aliphatic imine (C=N–C) groups is 1. The van der Waals surface area contributed by atoms with Crippen molar-refractivity contribution in [2.45, 2.75) is 51.7 Å². The Morgan fingerprint density at radius 1 is 1.40 bits per heavy atom. The number of methoxy groups -OCH3 is 1. The molecule has 1 aliphatic rings. The molecule has 1 aliphatic heterocycles. The molecule has 1 fully saturated rings. The summed E-state index contributed by atoms with van der Waals surface area (Å²) >= 11 is 0. The summed E-state index contributed by atoms with van der Waals surface area (Å²) in [5.41, 5.74) is -0.673. The van der Waals surface area contributed by atoms with E-state index in [1.165, 1.54) is 0 Å². The molecule has 0 N–H and O–H groups in total. The van der Waals surface area contributed by atoms with Crippen LogP contribution in [0.4, 0.5) is 0 Å². The van der Waals surface area contributed by atoms with E-state index < -0.39 is 14.1 Å². The van der Waals surface area contributed by atoms with Gasteiger partial charge < -0.3 is 18.5 Å². The first-order chi connectivity index (χ1) is 9.30. The Morgan fingerprint density at radius 2 is 2.05 bits per heavy atom. The molecule has 6 heteroatoms. The first-order valence-electron chi connectivity index (χ1n) is 6.78. The van der Waals surface area contributed by atoms with Crippen molar-refractivity contribution in [3.8, 4) is 0 Å². The first-order valence-corrected chi connectivity index (χ1v) is 8.41. The Kier molecular flexibility index (Phi) is 6.80. The van der Waals surface area contributed by atoms with Gasteiger partial charge in [0.1, 0.15) is 6.10 Å². The van der Waals surface area contributed by atoms with Gasteiger partial charge in [-0.3, -0.25) is 0 Å². The van der Waals surface area contributed by atoms with Gasteiger partial charge in [0.05, 0.1) is 18.8 Å². The Labute approximate surface area is 123 Å². The van der Waals surface area contributed by atoms with E-state index in [1.807, 2.05) is 20.5 Å². The van der Waals surface area contributed by atoms with Gasteiger partial charge in [0.15, 0.2) is 14.1 Å². The standard InChI is InChI=1S/C14H26NO4P/c1-8-15-14(4,5)19-20(7)18-13-10(2)11(3)17-12(13)9-16-6/h10-13H,1,9H2,2-7H3. The fraction of sp³-hybridized carbons (Fsp3) is 0.857. The highest BCUT2D eigenvalue weighted by Gasteiger charge is 2.42.